The van der Waals surface area contributed by atoms with Gasteiger partial charge in [-0.1, -0.05) is 0 Å². The van der Waals surface area contributed by atoms with Crippen molar-refractivity contribution in [2.75, 3.05) is 0 Å². The molecule has 5 N–H and O–H groups in total. The van der Waals surface area contributed by atoms with Crippen molar-refractivity contribution in [3.05, 3.63) is 24.8 Å². The zero-order valence-electron chi connectivity index (χ0n) is 6.03. The smallest absolute Gasteiger partial charge is 0.344 e. The fourth-order valence-electron chi connectivity index (χ4n) is 0.253. The van der Waals surface area contributed by atoms with Crippen molar-refractivity contribution in [2.24, 2.45) is 0 Å². The van der Waals surface area contributed by atoms with Crippen molar-refractivity contribution in [1.82, 2.24) is 16.1 Å². The summed E-state index contributed by atoms with van der Waals surface area (Å²) in [6, 6.07) is 1.78. The van der Waals surface area contributed by atoms with Gasteiger partial charge < -0.3 is 6.15 Å². The Morgan fingerprint density at radius 3 is 1.50 bits per heavy atom. The fourth-order valence-corrected chi connectivity index (χ4v) is 0.253. The molecule has 1 rings (SSSR count). The van der Waals surface area contributed by atoms with Gasteiger partial charge in [-0.2, -0.15) is 8.42 Å². The number of nitrogens with zero attached hydrogens (tertiary/aromatic N) is 2. The minimum atomic E-state index is -4.67. The van der Waals surface area contributed by atoms with Gasteiger partial charge in [-0.3, -0.25) is 9.11 Å². The molecule has 0 unspecified atom stereocenters. The molecule has 0 aliphatic carbocycles. The Labute approximate surface area is 69.6 Å². The van der Waals surface area contributed by atoms with Crippen LogP contribution in [-0.4, -0.2) is 27.5 Å². The average molecular weight is 195 g/mol. The van der Waals surface area contributed by atoms with Gasteiger partial charge in [-0.15, -0.1) is 0 Å². The molecule has 8 heteroatoms. The summed E-state index contributed by atoms with van der Waals surface area (Å²) in [4.78, 5) is 7.35. The molecule has 1 aromatic rings. The first kappa shape index (κ1) is 13.5. The van der Waals surface area contributed by atoms with Gasteiger partial charge in [0.2, 0.25) is 0 Å². The summed E-state index contributed by atoms with van der Waals surface area (Å²) in [5, 5.41) is 0. The second kappa shape index (κ2) is 6.61. The highest BCUT2D eigenvalue weighted by Gasteiger charge is 1.84. The van der Waals surface area contributed by atoms with Crippen LogP contribution in [0.3, 0.4) is 0 Å². The van der Waals surface area contributed by atoms with Gasteiger partial charge in [0.15, 0.2) is 0 Å². The Kier molecular flexibility index (Phi) is 7.43. The Morgan fingerprint density at radius 1 is 1.08 bits per heavy atom. The van der Waals surface area contributed by atoms with Crippen LogP contribution in [0.25, 0.3) is 0 Å². The molecule has 0 bridgehead atoms. The van der Waals surface area contributed by atoms with Crippen molar-refractivity contribution in [3.8, 4) is 0 Å². The van der Waals surface area contributed by atoms with Crippen molar-refractivity contribution in [2.45, 2.75) is 0 Å². The topological polar surface area (TPSA) is 135 Å². The minimum absolute atomic E-state index is 0. The van der Waals surface area contributed by atoms with Gasteiger partial charge in [0.25, 0.3) is 0 Å². The highest BCUT2D eigenvalue weighted by molar-refractivity contribution is 7.79. The zero-order valence-corrected chi connectivity index (χ0v) is 6.85. The Hall–Kier alpha value is -1.09. The molecule has 0 atom stereocenters. The molecule has 7 nitrogen and oxygen atoms in total. The van der Waals surface area contributed by atoms with E-state index < -0.39 is 10.4 Å². The molecular weight excluding hydrogens is 186 g/mol. The third kappa shape index (κ3) is 23.1. The van der Waals surface area contributed by atoms with E-state index in [2.05, 4.69) is 9.97 Å². The maximum Gasteiger partial charge on any atom is 0.394 e. The van der Waals surface area contributed by atoms with E-state index in [1.54, 1.807) is 18.5 Å². The van der Waals surface area contributed by atoms with E-state index in [9.17, 15) is 0 Å². The molecule has 12 heavy (non-hydrogen) atoms. The highest BCUT2D eigenvalue weighted by atomic mass is 32.3. The Morgan fingerprint density at radius 2 is 1.42 bits per heavy atom. The van der Waals surface area contributed by atoms with Gasteiger partial charge in [-0.25, -0.2) is 9.97 Å². The standard InChI is InChI=1S/C4H4N2.H3N.H2O4S/c1-2-5-4-6-3-1;;1-5(2,3)4/h1-4H;1H3;(H2,1,2,3,4). The van der Waals surface area contributed by atoms with Crippen LogP contribution in [0, 0.1) is 0 Å². The lowest BCUT2D eigenvalue weighted by atomic mass is 10.7. The molecule has 0 aliphatic heterocycles. The molecule has 0 amide bonds. The van der Waals surface area contributed by atoms with Gasteiger partial charge in [-0.05, 0) is 6.07 Å². The normalized spacial score (nSPS) is 8.83. The quantitative estimate of drug-likeness (QED) is 0.495. The molecule has 0 aliphatic rings. The van der Waals surface area contributed by atoms with E-state index in [1.807, 2.05) is 0 Å². The van der Waals surface area contributed by atoms with Crippen molar-refractivity contribution < 1.29 is 17.5 Å². The van der Waals surface area contributed by atoms with Gasteiger partial charge >= 0.3 is 10.4 Å². The lowest BCUT2D eigenvalue weighted by Gasteiger charge is -1.70. The molecule has 70 valence electrons. The van der Waals surface area contributed by atoms with Gasteiger partial charge in [0.1, 0.15) is 6.33 Å². The van der Waals surface area contributed by atoms with Gasteiger partial charge in [0, 0.05) is 12.4 Å². The lowest BCUT2D eigenvalue weighted by molar-refractivity contribution is 0.381. The molecular formula is C4H9N3O4S. The predicted octanol–water partition coefficient (Wildman–Crippen LogP) is -0.0142. The van der Waals surface area contributed by atoms with Crippen molar-refractivity contribution in [3.63, 3.8) is 0 Å². The van der Waals surface area contributed by atoms with Crippen molar-refractivity contribution in [1.29, 1.82) is 0 Å². The molecule has 1 aromatic heterocycles. The van der Waals surface area contributed by atoms with Crippen LogP contribution >= 0.6 is 0 Å². The summed E-state index contributed by atoms with van der Waals surface area (Å²) < 4.78 is 31.6. The van der Waals surface area contributed by atoms with E-state index in [4.69, 9.17) is 17.5 Å². The SMILES string of the molecule is N.O=S(=O)(O)O.c1cncnc1. The summed E-state index contributed by atoms with van der Waals surface area (Å²) in [5.41, 5.74) is 0. The third-order valence-electron chi connectivity index (χ3n) is 0.478. The highest BCUT2D eigenvalue weighted by Crippen LogP contribution is 1.66. The van der Waals surface area contributed by atoms with Gasteiger partial charge in [0.05, 0.1) is 0 Å². The fraction of sp³-hybridized carbons (Fsp3) is 0. The summed E-state index contributed by atoms with van der Waals surface area (Å²) in [6.07, 6.45) is 4.88. The molecule has 0 saturated heterocycles. The number of aromatic nitrogens is 2. The predicted molar refractivity (Wildman–Crippen MR) is 41.2 cm³/mol. The Bertz CT molecular complexity index is 239. The summed E-state index contributed by atoms with van der Waals surface area (Å²) in [5.74, 6) is 0. The largest absolute Gasteiger partial charge is 0.394 e. The molecule has 0 saturated carbocycles. The van der Waals surface area contributed by atoms with Crippen LogP contribution < -0.4 is 6.15 Å². The lowest BCUT2D eigenvalue weighted by Crippen LogP contribution is -1.89. The molecule has 0 aromatic carbocycles. The van der Waals surface area contributed by atoms with Crippen LogP contribution in [0.5, 0.6) is 0 Å². The first-order valence-corrected chi connectivity index (χ1v) is 3.79. The van der Waals surface area contributed by atoms with E-state index in [0.29, 0.717) is 0 Å². The van der Waals surface area contributed by atoms with E-state index in [1.165, 1.54) is 6.33 Å². The molecule has 0 fully saturated rings. The molecule has 0 spiro atoms. The number of rotatable bonds is 0. The minimum Gasteiger partial charge on any atom is -0.344 e. The zero-order chi connectivity index (χ0) is 8.74. The first-order chi connectivity index (χ1) is 5.00. The van der Waals surface area contributed by atoms with Crippen LogP contribution in [0.4, 0.5) is 0 Å². The average Bonchev–Trinajstić information content (AvgIpc) is 1.88. The van der Waals surface area contributed by atoms with Crippen LogP contribution in [0.2, 0.25) is 0 Å². The van der Waals surface area contributed by atoms with Crippen LogP contribution in [-0.2, 0) is 10.4 Å². The number of hydrogen-bond donors (Lipinski definition) is 3. The molecule has 1 heterocycles. The maximum atomic E-state index is 8.74. The summed E-state index contributed by atoms with van der Waals surface area (Å²) in [6.45, 7) is 0. The number of hydrogen-bond acceptors (Lipinski definition) is 5. The van der Waals surface area contributed by atoms with Crippen molar-refractivity contribution >= 4 is 10.4 Å². The van der Waals surface area contributed by atoms with Crippen LogP contribution in [0.15, 0.2) is 24.8 Å². The summed E-state index contributed by atoms with van der Waals surface area (Å²) in [7, 11) is -4.67. The Balaban J connectivity index is 0. The second-order valence-corrected chi connectivity index (χ2v) is 2.25. The van der Waals surface area contributed by atoms with Crippen LogP contribution in [0.1, 0.15) is 0 Å². The maximum absolute atomic E-state index is 8.74. The third-order valence-corrected chi connectivity index (χ3v) is 0.478. The first-order valence-electron chi connectivity index (χ1n) is 2.40. The van der Waals surface area contributed by atoms with E-state index in [-0.39, 0.29) is 6.15 Å². The monoisotopic (exact) mass is 195 g/mol. The molecule has 0 radical (unpaired) electrons. The van der Waals surface area contributed by atoms with E-state index >= 15 is 0 Å². The summed E-state index contributed by atoms with van der Waals surface area (Å²) >= 11 is 0. The van der Waals surface area contributed by atoms with E-state index in [0.717, 1.165) is 0 Å². The second-order valence-electron chi connectivity index (χ2n) is 1.35.